The second kappa shape index (κ2) is 4.94. The lowest BCUT2D eigenvalue weighted by Crippen LogP contribution is -2.48. The molecular weight excluding hydrogens is 285 g/mol. The van der Waals surface area contributed by atoms with Gasteiger partial charge in [0, 0.05) is 29.7 Å². The van der Waals surface area contributed by atoms with Crippen molar-refractivity contribution in [3.63, 3.8) is 0 Å². The van der Waals surface area contributed by atoms with E-state index in [2.05, 4.69) is 34.7 Å². The highest BCUT2D eigenvalue weighted by atomic mass is 79.9. The summed E-state index contributed by atoms with van der Waals surface area (Å²) in [5.41, 5.74) is 1.53. The molecular formula is C13H17BrFNO. The Hall–Kier alpha value is -0.610. The molecule has 1 aliphatic heterocycles. The summed E-state index contributed by atoms with van der Waals surface area (Å²) in [7, 11) is 0. The molecule has 1 aliphatic rings. The largest absolute Gasteiger partial charge is 0.372 e. The highest BCUT2D eigenvalue weighted by molar-refractivity contribution is 9.08. The molecule has 0 amide bonds. The van der Waals surface area contributed by atoms with Gasteiger partial charge >= 0.3 is 0 Å². The third-order valence-corrected chi connectivity index (χ3v) is 3.55. The lowest BCUT2D eigenvalue weighted by atomic mass is 10.1. The van der Waals surface area contributed by atoms with Crippen LogP contribution in [0.25, 0.3) is 0 Å². The smallest absolute Gasteiger partial charge is 0.129 e. The Morgan fingerprint density at radius 3 is 2.88 bits per heavy atom. The number of halogens is 2. The summed E-state index contributed by atoms with van der Waals surface area (Å²) < 4.78 is 19.4. The Balaban J connectivity index is 2.30. The maximum atomic E-state index is 13.7. The van der Waals surface area contributed by atoms with Crippen molar-refractivity contribution in [2.24, 2.45) is 0 Å². The van der Waals surface area contributed by atoms with Crippen molar-refractivity contribution >= 4 is 21.6 Å². The van der Waals surface area contributed by atoms with E-state index in [4.69, 9.17) is 4.74 Å². The van der Waals surface area contributed by atoms with Gasteiger partial charge in [0.15, 0.2) is 0 Å². The van der Waals surface area contributed by atoms with E-state index in [-0.39, 0.29) is 11.4 Å². The van der Waals surface area contributed by atoms with Crippen LogP contribution in [0.1, 0.15) is 19.4 Å². The minimum absolute atomic E-state index is 0.149. The lowest BCUT2D eigenvalue weighted by molar-refractivity contribution is -0.0277. The first kappa shape index (κ1) is 12.8. The number of rotatable bonds is 2. The van der Waals surface area contributed by atoms with Crippen molar-refractivity contribution < 1.29 is 9.13 Å². The highest BCUT2D eigenvalue weighted by Crippen LogP contribution is 2.29. The third kappa shape index (κ3) is 2.80. The monoisotopic (exact) mass is 301 g/mol. The molecule has 1 aromatic rings. The fourth-order valence-electron chi connectivity index (χ4n) is 2.20. The molecule has 0 N–H and O–H groups in total. The zero-order valence-electron chi connectivity index (χ0n) is 10.2. The number of anilines is 1. The number of nitrogens with zero attached hydrogens (tertiary/aromatic N) is 1. The summed E-state index contributed by atoms with van der Waals surface area (Å²) in [5.74, 6) is -0.149. The topological polar surface area (TPSA) is 12.5 Å². The van der Waals surface area contributed by atoms with Crippen LogP contribution in [-0.4, -0.2) is 25.3 Å². The maximum absolute atomic E-state index is 13.7. The molecule has 1 aromatic carbocycles. The average molecular weight is 302 g/mol. The van der Waals surface area contributed by atoms with Gasteiger partial charge in [-0.15, -0.1) is 0 Å². The van der Waals surface area contributed by atoms with Crippen molar-refractivity contribution in [3.8, 4) is 0 Å². The first-order chi connectivity index (χ1) is 8.03. The molecule has 0 radical (unpaired) electrons. The van der Waals surface area contributed by atoms with Gasteiger partial charge in [0.1, 0.15) is 5.82 Å². The number of ether oxygens (including phenoxy) is 1. The quantitative estimate of drug-likeness (QED) is 0.777. The third-order valence-electron chi connectivity index (χ3n) is 2.99. The molecule has 17 heavy (non-hydrogen) atoms. The maximum Gasteiger partial charge on any atom is 0.129 e. The van der Waals surface area contributed by atoms with Crippen LogP contribution in [0, 0.1) is 5.82 Å². The highest BCUT2D eigenvalue weighted by Gasteiger charge is 2.28. The van der Waals surface area contributed by atoms with Gasteiger partial charge in [0.25, 0.3) is 0 Å². The molecule has 1 saturated heterocycles. The van der Waals surface area contributed by atoms with Gasteiger partial charge in [0.2, 0.25) is 0 Å². The van der Waals surface area contributed by atoms with Crippen LogP contribution < -0.4 is 4.90 Å². The lowest BCUT2D eigenvalue weighted by Gasteiger charge is -2.40. The van der Waals surface area contributed by atoms with E-state index in [1.807, 2.05) is 6.07 Å². The van der Waals surface area contributed by atoms with Gasteiger partial charge in [0.05, 0.1) is 12.2 Å². The van der Waals surface area contributed by atoms with Crippen molar-refractivity contribution in [1.82, 2.24) is 0 Å². The van der Waals surface area contributed by atoms with E-state index in [1.54, 1.807) is 6.07 Å². The zero-order chi connectivity index (χ0) is 12.5. The molecule has 0 atom stereocenters. The minimum atomic E-state index is -0.172. The first-order valence-electron chi connectivity index (χ1n) is 5.76. The molecule has 4 heteroatoms. The van der Waals surface area contributed by atoms with Crippen molar-refractivity contribution in [3.05, 3.63) is 29.6 Å². The Kier molecular flexibility index (Phi) is 3.73. The molecule has 94 valence electrons. The van der Waals surface area contributed by atoms with Gasteiger partial charge in [-0.1, -0.05) is 22.0 Å². The van der Waals surface area contributed by atoms with Crippen LogP contribution in [0.3, 0.4) is 0 Å². The molecule has 0 spiro atoms. The second-order valence-electron chi connectivity index (χ2n) is 4.90. The molecule has 0 unspecified atom stereocenters. The molecule has 2 nitrogen and oxygen atoms in total. The van der Waals surface area contributed by atoms with Crippen LogP contribution in [-0.2, 0) is 10.1 Å². The van der Waals surface area contributed by atoms with Crippen molar-refractivity contribution in [2.75, 3.05) is 24.6 Å². The number of hydrogen-bond acceptors (Lipinski definition) is 2. The minimum Gasteiger partial charge on any atom is -0.372 e. The fourth-order valence-corrected chi connectivity index (χ4v) is 2.75. The Labute approximate surface area is 110 Å². The predicted molar refractivity (Wildman–Crippen MR) is 71.3 cm³/mol. The zero-order valence-corrected chi connectivity index (χ0v) is 11.8. The number of alkyl halides is 1. The molecule has 0 bridgehead atoms. The molecule has 0 aliphatic carbocycles. The van der Waals surface area contributed by atoms with E-state index in [0.29, 0.717) is 11.9 Å². The SMILES string of the molecule is CC1(C)CN(c2cccc(F)c2CBr)CCO1. The van der Waals surface area contributed by atoms with Gasteiger partial charge in [-0.3, -0.25) is 0 Å². The van der Waals surface area contributed by atoms with E-state index in [9.17, 15) is 4.39 Å². The van der Waals surface area contributed by atoms with Gasteiger partial charge in [-0.25, -0.2) is 4.39 Å². The average Bonchev–Trinajstić information content (AvgIpc) is 2.27. The van der Waals surface area contributed by atoms with E-state index < -0.39 is 0 Å². The molecule has 1 fully saturated rings. The van der Waals surface area contributed by atoms with Crippen LogP contribution in [0.4, 0.5) is 10.1 Å². The summed E-state index contributed by atoms with van der Waals surface area (Å²) in [6, 6.07) is 5.24. The van der Waals surface area contributed by atoms with Crippen molar-refractivity contribution in [2.45, 2.75) is 24.8 Å². The van der Waals surface area contributed by atoms with Crippen LogP contribution in [0.2, 0.25) is 0 Å². The van der Waals surface area contributed by atoms with E-state index in [1.165, 1.54) is 6.07 Å². The summed E-state index contributed by atoms with van der Waals surface area (Å²) in [5, 5.41) is 0.535. The fraction of sp³-hybridized carbons (Fsp3) is 0.538. The summed E-state index contributed by atoms with van der Waals surface area (Å²) in [6.45, 7) is 6.41. The molecule has 0 saturated carbocycles. The van der Waals surface area contributed by atoms with E-state index in [0.717, 1.165) is 24.3 Å². The Morgan fingerprint density at radius 2 is 2.24 bits per heavy atom. The Morgan fingerprint density at radius 1 is 1.47 bits per heavy atom. The molecule has 0 aromatic heterocycles. The first-order valence-corrected chi connectivity index (χ1v) is 6.88. The summed E-state index contributed by atoms with van der Waals surface area (Å²) >= 11 is 3.36. The Bertz CT molecular complexity index is 408. The number of morpholine rings is 1. The van der Waals surface area contributed by atoms with Crippen LogP contribution >= 0.6 is 15.9 Å². The van der Waals surface area contributed by atoms with Gasteiger partial charge < -0.3 is 9.64 Å². The molecule has 1 heterocycles. The number of hydrogen-bond donors (Lipinski definition) is 0. The predicted octanol–water partition coefficient (Wildman–Crippen LogP) is 3.34. The molecule has 2 rings (SSSR count). The van der Waals surface area contributed by atoms with Crippen molar-refractivity contribution in [1.29, 1.82) is 0 Å². The summed E-state index contributed by atoms with van der Waals surface area (Å²) in [4.78, 5) is 2.20. The van der Waals surface area contributed by atoms with E-state index >= 15 is 0 Å². The van der Waals surface area contributed by atoms with Crippen LogP contribution in [0.15, 0.2) is 18.2 Å². The second-order valence-corrected chi connectivity index (χ2v) is 5.46. The number of benzene rings is 1. The normalized spacial score (nSPS) is 19.4. The summed E-state index contributed by atoms with van der Waals surface area (Å²) in [6.07, 6.45) is 0. The van der Waals surface area contributed by atoms with Gasteiger partial charge in [-0.2, -0.15) is 0 Å². The van der Waals surface area contributed by atoms with Gasteiger partial charge in [-0.05, 0) is 26.0 Å². The van der Waals surface area contributed by atoms with Crippen LogP contribution in [0.5, 0.6) is 0 Å². The standard InChI is InChI=1S/C13H17BrFNO/c1-13(2)9-16(6-7-17-13)12-5-3-4-11(15)10(12)8-14/h3-5H,6-9H2,1-2H3.